The third kappa shape index (κ3) is 6.04. The number of anilines is 1. The van der Waals surface area contributed by atoms with Crippen molar-refractivity contribution in [1.82, 2.24) is 9.97 Å². The Balaban J connectivity index is 2.76. The number of hydrogen-bond donors (Lipinski definition) is 0. The van der Waals surface area contributed by atoms with Crippen molar-refractivity contribution in [3.63, 3.8) is 0 Å². The molecule has 3 nitrogen and oxygen atoms in total. The molecular formula is C16H29N3. The second-order valence-electron chi connectivity index (χ2n) is 6.38. The Hall–Kier alpha value is -1.12. The lowest BCUT2D eigenvalue weighted by molar-refractivity contribution is 0.378. The highest BCUT2D eigenvalue weighted by Crippen LogP contribution is 2.21. The molecule has 0 atom stereocenters. The molecule has 1 aromatic rings. The first-order valence-electron chi connectivity index (χ1n) is 7.53. The maximum absolute atomic E-state index is 4.70. The van der Waals surface area contributed by atoms with Crippen LogP contribution in [0.5, 0.6) is 0 Å². The van der Waals surface area contributed by atoms with Crippen LogP contribution in [0.2, 0.25) is 0 Å². The van der Waals surface area contributed by atoms with E-state index in [2.05, 4.69) is 44.5 Å². The fourth-order valence-electron chi connectivity index (χ4n) is 1.99. The van der Waals surface area contributed by atoms with Gasteiger partial charge in [-0.25, -0.2) is 9.97 Å². The molecule has 1 heterocycles. The van der Waals surface area contributed by atoms with Gasteiger partial charge >= 0.3 is 0 Å². The first-order valence-corrected chi connectivity index (χ1v) is 7.53. The van der Waals surface area contributed by atoms with Gasteiger partial charge in [-0.05, 0) is 30.7 Å². The zero-order chi connectivity index (χ0) is 14.3. The monoisotopic (exact) mass is 263 g/mol. The van der Waals surface area contributed by atoms with Crippen molar-refractivity contribution in [2.75, 3.05) is 18.0 Å². The Morgan fingerprint density at radius 1 is 1.11 bits per heavy atom. The molecule has 0 aliphatic heterocycles. The molecule has 0 bridgehead atoms. The third-order valence-electron chi connectivity index (χ3n) is 3.11. The summed E-state index contributed by atoms with van der Waals surface area (Å²) in [6.45, 7) is 13.4. The minimum atomic E-state index is 0.366. The standard InChI is InChI=1S/C16H29N3/c1-6-8-14-17-11-9-15(18-14)19(12-7-2)13-10-16(3,4)5/h9,11H,6-8,10,12-13H2,1-5H3. The van der Waals surface area contributed by atoms with Crippen molar-refractivity contribution < 1.29 is 0 Å². The second-order valence-corrected chi connectivity index (χ2v) is 6.38. The van der Waals surface area contributed by atoms with Gasteiger partial charge in [0.25, 0.3) is 0 Å². The first kappa shape index (κ1) is 15.9. The van der Waals surface area contributed by atoms with Gasteiger partial charge in [-0.3, -0.25) is 0 Å². The highest BCUT2D eigenvalue weighted by atomic mass is 15.2. The fourth-order valence-corrected chi connectivity index (χ4v) is 1.99. The minimum Gasteiger partial charge on any atom is -0.357 e. The maximum atomic E-state index is 4.70. The molecule has 0 radical (unpaired) electrons. The summed E-state index contributed by atoms with van der Waals surface area (Å²) in [7, 11) is 0. The maximum Gasteiger partial charge on any atom is 0.132 e. The lowest BCUT2D eigenvalue weighted by atomic mass is 9.92. The lowest BCUT2D eigenvalue weighted by Gasteiger charge is -2.27. The van der Waals surface area contributed by atoms with Gasteiger partial charge in [-0.2, -0.15) is 0 Å². The van der Waals surface area contributed by atoms with E-state index in [9.17, 15) is 0 Å². The second kappa shape index (κ2) is 7.46. The SMILES string of the molecule is CCCc1nccc(N(CCC)CCC(C)(C)C)n1. The van der Waals surface area contributed by atoms with Crippen LogP contribution < -0.4 is 4.90 Å². The molecule has 0 spiro atoms. The van der Waals surface area contributed by atoms with Crippen LogP contribution in [0.4, 0.5) is 5.82 Å². The summed E-state index contributed by atoms with van der Waals surface area (Å²) >= 11 is 0. The predicted octanol–water partition coefficient (Wildman–Crippen LogP) is 4.08. The van der Waals surface area contributed by atoms with Crippen LogP contribution >= 0.6 is 0 Å². The molecule has 0 saturated heterocycles. The summed E-state index contributed by atoms with van der Waals surface area (Å²) < 4.78 is 0. The van der Waals surface area contributed by atoms with Gasteiger partial charge in [0, 0.05) is 25.7 Å². The molecule has 0 saturated carbocycles. The zero-order valence-electron chi connectivity index (χ0n) is 13.2. The largest absolute Gasteiger partial charge is 0.357 e. The molecular weight excluding hydrogens is 234 g/mol. The number of aryl methyl sites for hydroxylation is 1. The smallest absolute Gasteiger partial charge is 0.132 e. The van der Waals surface area contributed by atoms with Crippen molar-refractivity contribution in [3.05, 3.63) is 18.1 Å². The molecule has 0 N–H and O–H groups in total. The number of hydrogen-bond acceptors (Lipinski definition) is 3. The van der Waals surface area contributed by atoms with E-state index in [1.807, 2.05) is 12.3 Å². The van der Waals surface area contributed by atoms with Gasteiger partial charge < -0.3 is 4.90 Å². The molecule has 0 aromatic carbocycles. The average molecular weight is 263 g/mol. The van der Waals surface area contributed by atoms with Crippen molar-refractivity contribution >= 4 is 5.82 Å². The Bertz CT molecular complexity index is 369. The van der Waals surface area contributed by atoms with Gasteiger partial charge in [0.05, 0.1) is 0 Å². The Labute approximate surface area is 118 Å². The highest BCUT2D eigenvalue weighted by Gasteiger charge is 2.14. The number of aromatic nitrogens is 2. The van der Waals surface area contributed by atoms with Crippen molar-refractivity contribution in [2.24, 2.45) is 5.41 Å². The van der Waals surface area contributed by atoms with E-state index >= 15 is 0 Å². The number of nitrogens with zero attached hydrogens (tertiary/aromatic N) is 3. The normalized spacial score (nSPS) is 11.6. The minimum absolute atomic E-state index is 0.366. The van der Waals surface area contributed by atoms with Gasteiger partial charge in [0.1, 0.15) is 11.6 Å². The summed E-state index contributed by atoms with van der Waals surface area (Å²) in [6, 6.07) is 2.04. The van der Waals surface area contributed by atoms with E-state index in [0.29, 0.717) is 5.41 Å². The highest BCUT2D eigenvalue weighted by molar-refractivity contribution is 5.37. The lowest BCUT2D eigenvalue weighted by Crippen LogP contribution is -2.29. The van der Waals surface area contributed by atoms with E-state index < -0.39 is 0 Å². The first-order chi connectivity index (χ1) is 8.96. The van der Waals surface area contributed by atoms with E-state index in [-0.39, 0.29) is 0 Å². The topological polar surface area (TPSA) is 29.0 Å². The van der Waals surface area contributed by atoms with Crippen LogP contribution in [0.1, 0.15) is 59.7 Å². The quantitative estimate of drug-likeness (QED) is 0.742. The molecule has 1 rings (SSSR count). The van der Waals surface area contributed by atoms with Gasteiger partial charge in [0.2, 0.25) is 0 Å². The van der Waals surface area contributed by atoms with Crippen LogP contribution in [0.3, 0.4) is 0 Å². The Morgan fingerprint density at radius 3 is 2.42 bits per heavy atom. The molecule has 108 valence electrons. The van der Waals surface area contributed by atoms with Crippen LogP contribution in [-0.4, -0.2) is 23.1 Å². The molecule has 1 aromatic heterocycles. The number of rotatable bonds is 7. The van der Waals surface area contributed by atoms with E-state index in [1.165, 1.54) is 6.42 Å². The predicted molar refractivity (Wildman–Crippen MR) is 82.6 cm³/mol. The zero-order valence-corrected chi connectivity index (χ0v) is 13.2. The third-order valence-corrected chi connectivity index (χ3v) is 3.11. The molecule has 0 aliphatic carbocycles. The fraction of sp³-hybridized carbons (Fsp3) is 0.750. The molecule has 0 aliphatic rings. The summed E-state index contributed by atoms with van der Waals surface area (Å²) in [5, 5.41) is 0. The summed E-state index contributed by atoms with van der Waals surface area (Å²) in [6.07, 6.45) is 6.29. The van der Waals surface area contributed by atoms with Crippen LogP contribution in [0.15, 0.2) is 12.3 Å². The molecule has 0 fully saturated rings. The average Bonchev–Trinajstić information content (AvgIpc) is 2.34. The van der Waals surface area contributed by atoms with Gasteiger partial charge in [-0.1, -0.05) is 34.6 Å². The molecule has 0 unspecified atom stereocenters. The van der Waals surface area contributed by atoms with Gasteiger partial charge in [0.15, 0.2) is 0 Å². The molecule has 19 heavy (non-hydrogen) atoms. The van der Waals surface area contributed by atoms with E-state index in [4.69, 9.17) is 4.98 Å². The summed E-state index contributed by atoms with van der Waals surface area (Å²) in [5.74, 6) is 2.06. The van der Waals surface area contributed by atoms with Crippen LogP contribution in [0, 0.1) is 5.41 Å². The summed E-state index contributed by atoms with van der Waals surface area (Å²) in [5.41, 5.74) is 0.366. The van der Waals surface area contributed by atoms with Crippen molar-refractivity contribution in [1.29, 1.82) is 0 Å². The van der Waals surface area contributed by atoms with E-state index in [0.717, 1.165) is 44.0 Å². The molecule has 3 heteroatoms. The van der Waals surface area contributed by atoms with Crippen molar-refractivity contribution in [2.45, 2.75) is 60.3 Å². The van der Waals surface area contributed by atoms with Crippen molar-refractivity contribution in [3.8, 4) is 0 Å². The Kier molecular flexibility index (Phi) is 6.26. The summed E-state index contributed by atoms with van der Waals surface area (Å²) in [4.78, 5) is 11.4. The van der Waals surface area contributed by atoms with E-state index in [1.54, 1.807) is 0 Å². The van der Waals surface area contributed by atoms with Gasteiger partial charge in [-0.15, -0.1) is 0 Å². The molecule has 0 amide bonds. The van der Waals surface area contributed by atoms with Crippen LogP contribution in [0.25, 0.3) is 0 Å². The van der Waals surface area contributed by atoms with Crippen LogP contribution in [-0.2, 0) is 6.42 Å². The Morgan fingerprint density at radius 2 is 1.84 bits per heavy atom.